The van der Waals surface area contributed by atoms with Gasteiger partial charge in [-0.2, -0.15) is 0 Å². The number of imidazole rings is 1. The van der Waals surface area contributed by atoms with Gasteiger partial charge in [-0.15, -0.1) is 0 Å². The van der Waals surface area contributed by atoms with Gasteiger partial charge < -0.3 is 9.72 Å². The molecule has 2 aromatic heterocycles. The van der Waals surface area contributed by atoms with E-state index in [1.807, 2.05) is 16.8 Å². The average molecular weight is 373 g/mol. The topological polar surface area (TPSA) is 63.5 Å². The van der Waals surface area contributed by atoms with Crippen molar-refractivity contribution in [2.75, 3.05) is 19.3 Å². The third-order valence-electron chi connectivity index (χ3n) is 4.93. The highest BCUT2D eigenvalue weighted by molar-refractivity contribution is 7.90. The molecule has 0 atom stereocenters. The summed E-state index contributed by atoms with van der Waals surface area (Å²) in [5, 5.41) is 3.30. The van der Waals surface area contributed by atoms with Crippen molar-refractivity contribution in [3.8, 4) is 11.3 Å². The summed E-state index contributed by atoms with van der Waals surface area (Å²) < 4.78 is 39.6. The van der Waals surface area contributed by atoms with Crippen molar-refractivity contribution in [3.63, 3.8) is 0 Å². The van der Waals surface area contributed by atoms with Gasteiger partial charge in [0.15, 0.2) is 9.84 Å². The zero-order valence-electron chi connectivity index (χ0n) is 14.4. The molecule has 0 bridgehead atoms. The van der Waals surface area contributed by atoms with Gasteiger partial charge >= 0.3 is 0 Å². The Kier molecular flexibility index (Phi) is 4.28. The van der Waals surface area contributed by atoms with E-state index in [0.717, 1.165) is 37.1 Å². The number of piperidine rings is 1. The molecule has 1 aliphatic rings. The number of rotatable bonds is 3. The van der Waals surface area contributed by atoms with E-state index in [4.69, 9.17) is 0 Å². The van der Waals surface area contributed by atoms with Gasteiger partial charge in [-0.25, -0.2) is 17.8 Å². The lowest BCUT2D eigenvalue weighted by Gasteiger charge is -2.23. The molecule has 1 aliphatic heterocycles. The summed E-state index contributed by atoms with van der Waals surface area (Å²) in [6.07, 6.45) is 6.72. The third kappa shape index (κ3) is 3.24. The molecular formula is C19H20FN3O2S. The van der Waals surface area contributed by atoms with Crippen LogP contribution in [0.1, 0.15) is 24.3 Å². The molecule has 0 spiro atoms. The Morgan fingerprint density at radius 1 is 1.15 bits per heavy atom. The minimum absolute atomic E-state index is 0.214. The minimum atomic E-state index is -3.23. The molecule has 1 N–H and O–H groups in total. The van der Waals surface area contributed by atoms with Crippen molar-refractivity contribution in [3.05, 3.63) is 54.1 Å². The predicted molar refractivity (Wildman–Crippen MR) is 98.5 cm³/mol. The van der Waals surface area contributed by atoms with Gasteiger partial charge in [0.1, 0.15) is 11.5 Å². The summed E-state index contributed by atoms with van der Waals surface area (Å²) in [5.74, 6) is 0.00881. The van der Waals surface area contributed by atoms with Gasteiger partial charge in [0.25, 0.3) is 0 Å². The second-order valence-corrected chi connectivity index (χ2v) is 8.80. The van der Waals surface area contributed by atoms with Crippen molar-refractivity contribution in [1.29, 1.82) is 0 Å². The molecule has 136 valence electrons. The molecule has 3 heterocycles. The maximum atomic E-state index is 14.6. The number of pyridine rings is 1. The maximum absolute atomic E-state index is 14.6. The molecule has 0 amide bonds. The first-order valence-corrected chi connectivity index (χ1v) is 10.5. The molecule has 1 saturated heterocycles. The Bertz CT molecular complexity index is 1050. The van der Waals surface area contributed by atoms with E-state index >= 15 is 0 Å². The lowest BCUT2D eigenvalue weighted by atomic mass is 9.91. The Morgan fingerprint density at radius 3 is 2.50 bits per heavy atom. The van der Waals surface area contributed by atoms with E-state index in [0.29, 0.717) is 11.3 Å². The van der Waals surface area contributed by atoms with E-state index in [1.165, 1.54) is 12.3 Å². The largest absolute Gasteiger partial charge is 0.317 e. The number of nitrogens with zero attached hydrogens (tertiary/aromatic N) is 2. The highest BCUT2D eigenvalue weighted by Crippen LogP contribution is 2.29. The molecule has 0 radical (unpaired) electrons. The molecule has 3 aromatic rings. The van der Waals surface area contributed by atoms with Crippen LogP contribution >= 0.6 is 0 Å². The van der Waals surface area contributed by atoms with Crippen molar-refractivity contribution in [1.82, 2.24) is 14.7 Å². The number of hydrogen-bond acceptors (Lipinski definition) is 4. The Balaban J connectivity index is 1.71. The summed E-state index contributed by atoms with van der Waals surface area (Å²) in [6, 6.07) is 8.06. The van der Waals surface area contributed by atoms with E-state index in [9.17, 15) is 12.8 Å². The quantitative estimate of drug-likeness (QED) is 0.767. The fraction of sp³-hybridized carbons (Fsp3) is 0.316. The van der Waals surface area contributed by atoms with Gasteiger partial charge in [0.05, 0.1) is 10.6 Å². The number of fused-ring (bicyclic) bond motifs is 1. The second-order valence-electron chi connectivity index (χ2n) is 6.79. The molecular weight excluding hydrogens is 353 g/mol. The van der Waals surface area contributed by atoms with Crippen LogP contribution in [0.15, 0.2) is 47.6 Å². The second kappa shape index (κ2) is 6.48. The zero-order chi connectivity index (χ0) is 18.3. The molecule has 0 saturated carbocycles. The summed E-state index contributed by atoms with van der Waals surface area (Å²) in [5.41, 5.74) is 2.76. The van der Waals surface area contributed by atoms with Crippen LogP contribution in [0.2, 0.25) is 0 Å². The minimum Gasteiger partial charge on any atom is -0.317 e. The lowest BCUT2D eigenvalue weighted by Crippen LogP contribution is -2.27. The molecule has 7 heteroatoms. The predicted octanol–water partition coefficient (Wildman–Crippen LogP) is 3.01. The van der Waals surface area contributed by atoms with Crippen LogP contribution in [0.3, 0.4) is 0 Å². The Labute approximate surface area is 151 Å². The van der Waals surface area contributed by atoms with Crippen molar-refractivity contribution in [2.24, 2.45) is 0 Å². The standard InChI is InChI=1S/C19H20FN3O2S/c1-26(24,25)15-4-2-14(3-5-15)18-12-23-11-16(13-6-8-21-9-7-13)17(20)10-19(23)22-18/h2-5,10-13,21H,6-9H2,1H3. The SMILES string of the molecule is CS(=O)(=O)c1ccc(-c2cn3cc(C4CCNCC4)c(F)cc3n2)cc1. The molecule has 26 heavy (non-hydrogen) atoms. The van der Waals surface area contributed by atoms with Crippen molar-refractivity contribution in [2.45, 2.75) is 23.7 Å². The summed E-state index contributed by atoms with van der Waals surface area (Å²) >= 11 is 0. The molecule has 1 fully saturated rings. The maximum Gasteiger partial charge on any atom is 0.175 e. The van der Waals surface area contributed by atoms with E-state index in [1.54, 1.807) is 24.3 Å². The first-order valence-electron chi connectivity index (χ1n) is 8.61. The lowest BCUT2D eigenvalue weighted by molar-refractivity contribution is 0.443. The Morgan fingerprint density at radius 2 is 1.85 bits per heavy atom. The highest BCUT2D eigenvalue weighted by atomic mass is 32.2. The average Bonchev–Trinajstić information content (AvgIpc) is 3.04. The molecule has 0 unspecified atom stereocenters. The summed E-state index contributed by atoms with van der Waals surface area (Å²) in [4.78, 5) is 4.75. The number of benzene rings is 1. The van der Waals surface area contributed by atoms with Gasteiger partial charge in [-0.1, -0.05) is 12.1 Å². The fourth-order valence-electron chi connectivity index (χ4n) is 3.47. The van der Waals surface area contributed by atoms with Gasteiger partial charge in [0.2, 0.25) is 0 Å². The zero-order valence-corrected chi connectivity index (χ0v) is 15.3. The van der Waals surface area contributed by atoms with Crippen molar-refractivity contribution < 1.29 is 12.8 Å². The Hall–Kier alpha value is -2.25. The molecule has 4 rings (SSSR count). The normalized spacial score (nSPS) is 16.2. The van der Waals surface area contributed by atoms with Crippen LogP contribution in [-0.4, -0.2) is 37.1 Å². The van der Waals surface area contributed by atoms with Crippen LogP contribution in [0.25, 0.3) is 16.9 Å². The number of aromatic nitrogens is 2. The van der Waals surface area contributed by atoms with Crippen LogP contribution < -0.4 is 5.32 Å². The first kappa shape index (κ1) is 17.2. The number of sulfone groups is 1. The monoisotopic (exact) mass is 373 g/mol. The van der Waals surface area contributed by atoms with E-state index in [2.05, 4.69) is 10.3 Å². The van der Waals surface area contributed by atoms with Gasteiger partial charge in [-0.05, 0) is 44.0 Å². The van der Waals surface area contributed by atoms with E-state index < -0.39 is 9.84 Å². The molecule has 0 aliphatic carbocycles. The van der Waals surface area contributed by atoms with Gasteiger partial charge in [0, 0.05) is 35.8 Å². The number of nitrogens with one attached hydrogen (secondary N) is 1. The first-order chi connectivity index (χ1) is 12.4. The molecule has 5 nitrogen and oxygen atoms in total. The van der Waals surface area contributed by atoms with Crippen LogP contribution in [0, 0.1) is 5.82 Å². The van der Waals surface area contributed by atoms with E-state index in [-0.39, 0.29) is 16.6 Å². The third-order valence-corrected chi connectivity index (χ3v) is 6.06. The fourth-order valence-corrected chi connectivity index (χ4v) is 4.10. The van der Waals surface area contributed by atoms with Crippen LogP contribution in [-0.2, 0) is 9.84 Å². The van der Waals surface area contributed by atoms with Crippen molar-refractivity contribution >= 4 is 15.5 Å². The highest BCUT2D eigenvalue weighted by Gasteiger charge is 2.20. The van der Waals surface area contributed by atoms with Crippen LogP contribution in [0.4, 0.5) is 4.39 Å². The summed E-state index contributed by atoms with van der Waals surface area (Å²) in [7, 11) is -3.23. The summed E-state index contributed by atoms with van der Waals surface area (Å²) in [6.45, 7) is 1.81. The smallest absolute Gasteiger partial charge is 0.175 e. The number of halogens is 1. The van der Waals surface area contributed by atoms with Gasteiger partial charge in [-0.3, -0.25) is 0 Å². The molecule has 1 aromatic carbocycles. The van der Waals surface area contributed by atoms with Crippen LogP contribution in [0.5, 0.6) is 0 Å². The number of hydrogen-bond donors (Lipinski definition) is 1.